The average Bonchev–Trinajstić information content (AvgIpc) is 2.27. The van der Waals surface area contributed by atoms with E-state index in [4.69, 9.17) is 14.8 Å². The number of hydrogen-bond acceptors (Lipinski definition) is 7. The molecule has 0 bridgehead atoms. The Labute approximate surface area is 73.5 Å². The van der Waals surface area contributed by atoms with Crippen LogP contribution in [0.15, 0.2) is 0 Å². The van der Waals surface area contributed by atoms with E-state index in [0.717, 1.165) is 6.92 Å². The first-order valence-electron chi connectivity index (χ1n) is 3.81. The van der Waals surface area contributed by atoms with Gasteiger partial charge in [-0.25, -0.2) is 0 Å². The van der Waals surface area contributed by atoms with E-state index in [1.807, 2.05) is 0 Å². The lowest BCUT2D eigenvalue weighted by molar-refractivity contribution is -0.314. The van der Waals surface area contributed by atoms with Crippen LogP contribution in [-0.4, -0.2) is 51.5 Å². The molecule has 0 aromatic carbocycles. The van der Waals surface area contributed by atoms with Crippen molar-refractivity contribution in [1.82, 2.24) is 0 Å². The maximum Gasteiger partial charge on any atom is 0.528 e. The maximum atomic E-state index is 9.67. The molecule has 7 nitrogen and oxygen atoms in total. The minimum atomic E-state index is -3.51. The predicted molar refractivity (Wildman–Crippen MR) is 37.7 cm³/mol. The Kier molecular flexibility index (Phi) is 1.60. The van der Waals surface area contributed by atoms with Gasteiger partial charge in [0, 0.05) is 0 Å². The molecule has 0 spiro atoms. The van der Waals surface area contributed by atoms with Crippen LogP contribution in [0.25, 0.3) is 0 Å². The molecule has 2 fully saturated rings. The lowest BCUT2D eigenvalue weighted by Gasteiger charge is -2.35. The van der Waals surface area contributed by atoms with Gasteiger partial charge in [0.1, 0.15) is 0 Å². The molecule has 2 aliphatic rings. The molecule has 0 unspecified atom stereocenters. The van der Waals surface area contributed by atoms with Crippen molar-refractivity contribution in [3.05, 3.63) is 0 Å². The van der Waals surface area contributed by atoms with Crippen LogP contribution in [0, 0.1) is 0 Å². The van der Waals surface area contributed by atoms with E-state index in [2.05, 4.69) is 9.31 Å². The molecule has 4 N–H and O–H groups in total. The third-order valence-corrected chi connectivity index (χ3v) is 2.29. The van der Waals surface area contributed by atoms with Gasteiger partial charge >= 0.3 is 6.96 Å². The summed E-state index contributed by atoms with van der Waals surface area (Å²) in [5.41, 5.74) is 0. The summed E-state index contributed by atoms with van der Waals surface area (Å²) in [7, 11) is 0. The fourth-order valence-electron chi connectivity index (χ4n) is 1.55. The summed E-state index contributed by atoms with van der Waals surface area (Å²) >= 11 is 0. The molecule has 13 heavy (non-hydrogen) atoms. The minimum absolute atomic E-state index is 0.173. The van der Waals surface area contributed by atoms with E-state index in [-0.39, 0.29) is 6.61 Å². The monoisotopic (exact) mass is 193 g/mol. The highest BCUT2D eigenvalue weighted by molar-refractivity contribution is 6.51. The van der Waals surface area contributed by atoms with Crippen molar-refractivity contribution in [3.8, 4) is 0 Å². The van der Waals surface area contributed by atoms with Gasteiger partial charge in [-0.15, -0.1) is 0 Å². The number of aliphatic hydroxyl groups is 2. The van der Waals surface area contributed by atoms with Crippen LogP contribution in [0.3, 0.4) is 0 Å². The van der Waals surface area contributed by atoms with Crippen molar-refractivity contribution < 1.29 is 34.3 Å². The number of hydrogen-bond donors (Lipinski definition) is 4. The SMILES string of the molecule is C[C@@]1(O)OC[C@@H]2O[B-](O)(O)O[C@@]21O. The van der Waals surface area contributed by atoms with Crippen LogP contribution in [-0.2, 0) is 14.0 Å². The minimum Gasteiger partial charge on any atom is -0.533 e. The molecule has 2 saturated heterocycles. The Balaban J connectivity index is 2.31. The lowest BCUT2D eigenvalue weighted by Crippen LogP contribution is -2.55. The summed E-state index contributed by atoms with van der Waals surface area (Å²) in [6.45, 7) is -2.54. The van der Waals surface area contributed by atoms with Crippen molar-refractivity contribution >= 4 is 6.96 Å². The highest BCUT2D eigenvalue weighted by Gasteiger charge is 2.65. The Morgan fingerprint density at radius 1 is 1.38 bits per heavy atom. The van der Waals surface area contributed by atoms with Crippen molar-refractivity contribution in [2.75, 3.05) is 6.61 Å². The second kappa shape index (κ2) is 2.23. The Hall–Kier alpha value is -0.215. The molecule has 2 aliphatic heterocycles. The third kappa shape index (κ3) is 1.12. The van der Waals surface area contributed by atoms with Crippen LogP contribution in [0.4, 0.5) is 0 Å². The molecule has 0 saturated carbocycles. The largest absolute Gasteiger partial charge is 0.533 e. The second-order valence-electron chi connectivity index (χ2n) is 3.37. The molecular weight excluding hydrogens is 183 g/mol. The second-order valence-corrected chi connectivity index (χ2v) is 3.37. The molecule has 0 aromatic heterocycles. The van der Waals surface area contributed by atoms with E-state index in [1.165, 1.54) is 0 Å². The fraction of sp³-hybridized carbons (Fsp3) is 1.00. The Morgan fingerprint density at radius 2 is 2.00 bits per heavy atom. The summed E-state index contributed by atoms with van der Waals surface area (Å²) < 4.78 is 13.7. The highest BCUT2D eigenvalue weighted by atomic mass is 16.9. The predicted octanol–water partition coefficient (Wildman–Crippen LogP) is -2.75. The molecule has 0 amide bonds. The molecular formula is C5H10BO7-. The fourth-order valence-corrected chi connectivity index (χ4v) is 1.55. The van der Waals surface area contributed by atoms with E-state index in [1.54, 1.807) is 0 Å². The molecule has 2 rings (SSSR count). The van der Waals surface area contributed by atoms with Gasteiger partial charge in [0.2, 0.25) is 11.6 Å². The number of rotatable bonds is 0. The van der Waals surface area contributed by atoms with Crippen molar-refractivity contribution in [1.29, 1.82) is 0 Å². The smallest absolute Gasteiger partial charge is 0.528 e. The zero-order chi connectivity index (χ0) is 9.91. The van der Waals surface area contributed by atoms with E-state index in [0.29, 0.717) is 0 Å². The van der Waals surface area contributed by atoms with Crippen LogP contribution in [0.1, 0.15) is 6.92 Å². The Bertz CT molecular complexity index is 241. The number of ether oxygens (including phenoxy) is 1. The normalized spacial score (nSPS) is 53.8. The van der Waals surface area contributed by atoms with Gasteiger partial charge in [-0.2, -0.15) is 0 Å². The topological polar surface area (TPSA) is 109 Å². The van der Waals surface area contributed by atoms with E-state index >= 15 is 0 Å². The Morgan fingerprint density at radius 3 is 2.54 bits per heavy atom. The summed E-state index contributed by atoms with van der Waals surface area (Å²) in [5, 5.41) is 37.0. The zero-order valence-corrected chi connectivity index (χ0v) is 6.88. The first-order valence-corrected chi connectivity index (χ1v) is 3.81. The first kappa shape index (κ1) is 9.34. The average molecular weight is 193 g/mol. The number of fused-ring (bicyclic) bond motifs is 1. The van der Waals surface area contributed by atoms with Crippen molar-refractivity contribution in [2.24, 2.45) is 0 Å². The quantitative estimate of drug-likeness (QED) is 0.309. The summed E-state index contributed by atoms with van der Waals surface area (Å²) in [6, 6.07) is 0. The maximum absolute atomic E-state index is 9.67. The lowest BCUT2D eigenvalue weighted by atomic mass is 10.1. The highest BCUT2D eigenvalue weighted by Crippen LogP contribution is 2.43. The van der Waals surface area contributed by atoms with E-state index < -0.39 is 24.6 Å². The van der Waals surface area contributed by atoms with Gasteiger partial charge in [-0.1, -0.05) is 0 Å². The summed E-state index contributed by atoms with van der Waals surface area (Å²) in [4.78, 5) is 0. The summed E-state index contributed by atoms with van der Waals surface area (Å²) in [6.07, 6.45) is -1.10. The van der Waals surface area contributed by atoms with Crippen LogP contribution < -0.4 is 0 Å². The molecule has 0 aromatic rings. The molecule has 0 aliphatic carbocycles. The van der Waals surface area contributed by atoms with Crippen LogP contribution in [0.2, 0.25) is 0 Å². The molecule has 8 heteroatoms. The standard InChI is InChI=1S/C5H10BO7/c1-4(7)5(8)3(2-11-4)12-6(9,10)13-5/h3,7-10H,2H2,1H3/q-1/t3-,4+,5-/m0/s1. The first-order chi connectivity index (χ1) is 5.77. The summed E-state index contributed by atoms with van der Waals surface area (Å²) in [5.74, 6) is -4.23. The van der Waals surface area contributed by atoms with Gasteiger partial charge in [0.05, 0.1) is 12.7 Å². The molecule has 2 heterocycles. The van der Waals surface area contributed by atoms with E-state index in [9.17, 15) is 10.2 Å². The van der Waals surface area contributed by atoms with Crippen molar-refractivity contribution in [2.45, 2.75) is 24.6 Å². The van der Waals surface area contributed by atoms with Crippen LogP contribution >= 0.6 is 0 Å². The van der Waals surface area contributed by atoms with Gasteiger partial charge in [0.15, 0.2) is 0 Å². The molecule has 76 valence electrons. The van der Waals surface area contributed by atoms with Gasteiger partial charge in [-0.05, 0) is 6.92 Å². The van der Waals surface area contributed by atoms with Gasteiger partial charge in [0.25, 0.3) is 0 Å². The zero-order valence-electron chi connectivity index (χ0n) is 6.88. The van der Waals surface area contributed by atoms with Gasteiger partial charge < -0.3 is 34.3 Å². The van der Waals surface area contributed by atoms with Crippen LogP contribution in [0.5, 0.6) is 0 Å². The van der Waals surface area contributed by atoms with Crippen molar-refractivity contribution in [3.63, 3.8) is 0 Å². The molecule has 3 atom stereocenters. The third-order valence-electron chi connectivity index (χ3n) is 2.29. The molecule has 0 radical (unpaired) electrons. The van der Waals surface area contributed by atoms with Gasteiger partial charge in [-0.3, -0.25) is 0 Å².